The summed E-state index contributed by atoms with van der Waals surface area (Å²) in [5.74, 6) is 0. The van der Waals surface area contributed by atoms with Gasteiger partial charge in [0.25, 0.3) is 0 Å². The second kappa shape index (κ2) is 15.1. The predicted octanol–water partition coefficient (Wildman–Crippen LogP) is 10.4. The topological polar surface area (TPSA) is 0 Å². The van der Waals surface area contributed by atoms with E-state index in [1.54, 1.807) is 0 Å². The lowest BCUT2D eigenvalue weighted by molar-refractivity contribution is 1.27. The van der Waals surface area contributed by atoms with Gasteiger partial charge in [0.05, 0.1) is 0 Å². The molecule has 0 aliphatic heterocycles. The molecule has 4 rings (SSSR count). The van der Waals surface area contributed by atoms with Crippen LogP contribution < -0.4 is 0 Å². The van der Waals surface area contributed by atoms with Crippen LogP contribution in [-0.2, 0) is 0 Å². The van der Waals surface area contributed by atoms with Crippen LogP contribution in [0.5, 0.6) is 0 Å². The van der Waals surface area contributed by atoms with E-state index < -0.39 is 0 Å². The van der Waals surface area contributed by atoms with E-state index in [9.17, 15) is 0 Å². The van der Waals surface area contributed by atoms with E-state index in [2.05, 4.69) is 156 Å². The molecular weight excluding hydrogens is 432 g/mol. The Morgan fingerprint density at radius 1 is 0.278 bits per heavy atom. The zero-order chi connectivity index (χ0) is 27.4. The molecule has 0 heterocycles. The van der Waals surface area contributed by atoms with E-state index in [0.717, 1.165) is 0 Å². The van der Waals surface area contributed by atoms with E-state index >= 15 is 0 Å². The maximum Gasteiger partial charge on any atom is -0.0392 e. The van der Waals surface area contributed by atoms with Crippen LogP contribution >= 0.6 is 0 Å². The molecule has 0 atom stereocenters. The zero-order valence-electron chi connectivity index (χ0n) is 24.9. The molecular formula is C36H48. The van der Waals surface area contributed by atoms with Crippen LogP contribution in [0.25, 0.3) is 0 Å². The second-order valence-electron chi connectivity index (χ2n) is 10.2. The van der Waals surface area contributed by atoms with Crippen molar-refractivity contribution in [3.05, 3.63) is 140 Å². The molecule has 0 nitrogen and oxygen atoms in total. The molecule has 4 aromatic rings. The number of benzene rings is 4. The van der Waals surface area contributed by atoms with Gasteiger partial charge in [0.1, 0.15) is 0 Å². The molecule has 0 saturated carbocycles. The summed E-state index contributed by atoms with van der Waals surface area (Å²) >= 11 is 0. The van der Waals surface area contributed by atoms with Gasteiger partial charge in [-0.1, -0.05) is 83.9 Å². The molecule has 192 valence electrons. The Hall–Kier alpha value is -3.12. The van der Waals surface area contributed by atoms with Gasteiger partial charge in [0.2, 0.25) is 0 Å². The Morgan fingerprint density at radius 2 is 0.556 bits per heavy atom. The average molecular weight is 481 g/mol. The van der Waals surface area contributed by atoms with Gasteiger partial charge in [0, 0.05) is 0 Å². The van der Waals surface area contributed by atoms with Gasteiger partial charge in [-0.05, 0) is 139 Å². The van der Waals surface area contributed by atoms with Crippen LogP contribution in [0.3, 0.4) is 0 Å². The van der Waals surface area contributed by atoms with Gasteiger partial charge in [-0.3, -0.25) is 0 Å². The van der Waals surface area contributed by atoms with E-state index in [4.69, 9.17) is 0 Å². The maximum absolute atomic E-state index is 2.20. The van der Waals surface area contributed by atoms with Crippen LogP contribution in [0.1, 0.15) is 66.8 Å². The first-order valence-corrected chi connectivity index (χ1v) is 13.0. The van der Waals surface area contributed by atoms with Gasteiger partial charge >= 0.3 is 0 Å². The molecule has 0 aliphatic rings. The van der Waals surface area contributed by atoms with Crippen molar-refractivity contribution in [1.82, 2.24) is 0 Å². The highest BCUT2D eigenvalue weighted by Crippen LogP contribution is 2.11. The summed E-state index contributed by atoms with van der Waals surface area (Å²) in [4.78, 5) is 0. The Balaban J connectivity index is 0.000000240. The molecule has 4 aromatic carbocycles. The first-order chi connectivity index (χ1) is 16.8. The minimum absolute atomic E-state index is 1.35. The van der Waals surface area contributed by atoms with E-state index in [0.29, 0.717) is 0 Å². The van der Waals surface area contributed by atoms with Crippen molar-refractivity contribution >= 4 is 0 Å². The number of hydrogen-bond donors (Lipinski definition) is 0. The van der Waals surface area contributed by atoms with Gasteiger partial charge in [-0.2, -0.15) is 0 Å². The van der Waals surface area contributed by atoms with Gasteiger partial charge in [0.15, 0.2) is 0 Å². The SMILES string of the molecule is Cc1ccc(C)c(C)c1.Cc1ccc(C)c(C)c1.Cc1cccc(C)c1C.Cc1cccc(C)c1C. The highest BCUT2D eigenvalue weighted by Gasteiger charge is 1.93. The fraction of sp³-hybridized carbons (Fsp3) is 0.333. The van der Waals surface area contributed by atoms with Crippen LogP contribution in [0.4, 0.5) is 0 Å². The van der Waals surface area contributed by atoms with E-state index in [-0.39, 0.29) is 0 Å². The predicted molar refractivity (Wildman–Crippen MR) is 163 cm³/mol. The number of aryl methyl sites for hydroxylation is 10. The second-order valence-corrected chi connectivity index (χ2v) is 10.2. The molecule has 0 aromatic heterocycles. The maximum atomic E-state index is 2.20. The van der Waals surface area contributed by atoms with Crippen molar-refractivity contribution in [2.24, 2.45) is 0 Å². The van der Waals surface area contributed by atoms with Crippen molar-refractivity contribution in [2.75, 3.05) is 0 Å². The highest BCUT2D eigenvalue weighted by molar-refractivity contribution is 5.33. The Labute approximate surface area is 222 Å². The monoisotopic (exact) mass is 480 g/mol. The van der Waals surface area contributed by atoms with Crippen molar-refractivity contribution in [1.29, 1.82) is 0 Å². The van der Waals surface area contributed by atoms with Crippen LogP contribution in [0, 0.1) is 83.1 Å². The van der Waals surface area contributed by atoms with Crippen LogP contribution in [-0.4, -0.2) is 0 Å². The summed E-state index contributed by atoms with van der Waals surface area (Å²) in [6.07, 6.45) is 0. The molecule has 0 aliphatic carbocycles. The van der Waals surface area contributed by atoms with Crippen LogP contribution in [0.2, 0.25) is 0 Å². The van der Waals surface area contributed by atoms with Gasteiger partial charge in [-0.15, -0.1) is 0 Å². The molecule has 0 amide bonds. The molecule has 0 saturated heterocycles. The third kappa shape index (κ3) is 10.6. The van der Waals surface area contributed by atoms with Gasteiger partial charge < -0.3 is 0 Å². The van der Waals surface area contributed by atoms with Crippen molar-refractivity contribution in [3.63, 3.8) is 0 Å². The van der Waals surface area contributed by atoms with E-state index in [1.165, 1.54) is 66.8 Å². The molecule has 0 spiro atoms. The minimum Gasteiger partial charge on any atom is -0.0617 e. The van der Waals surface area contributed by atoms with Crippen molar-refractivity contribution in [3.8, 4) is 0 Å². The van der Waals surface area contributed by atoms with Crippen LogP contribution in [0.15, 0.2) is 72.8 Å². The molecule has 0 N–H and O–H groups in total. The summed E-state index contributed by atoms with van der Waals surface area (Å²) in [7, 11) is 0. The molecule has 0 fully saturated rings. The van der Waals surface area contributed by atoms with Crippen molar-refractivity contribution < 1.29 is 0 Å². The molecule has 36 heavy (non-hydrogen) atoms. The molecule has 0 bridgehead atoms. The summed E-state index contributed by atoms with van der Waals surface area (Å²) in [5, 5.41) is 0. The average Bonchev–Trinajstić information content (AvgIpc) is 2.82. The number of rotatable bonds is 0. The lowest BCUT2D eigenvalue weighted by Gasteiger charge is -2.00. The summed E-state index contributed by atoms with van der Waals surface area (Å²) < 4.78 is 0. The molecule has 0 unspecified atom stereocenters. The van der Waals surface area contributed by atoms with E-state index in [1.807, 2.05) is 0 Å². The largest absolute Gasteiger partial charge is 0.0617 e. The zero-order valence-corrected chi connectivity index (χ0v) is 24.9. The number of hydrogen-bond acceptors (Lipinski definition) is 0. The minimum atomic E-state index is 1.35. The smallest absolute Gasteiger partial charge is 0.0392 e. The first-order valence-electron chi connectivity index (χ1n) is 13.0. The Bertz CT molecular complexity index is 1100. The van der Waals surface area contributed by atoms with Crippen molar-refractivity contribution in [2.45, 2.75) is 83.1 Å². The third-order valence-corrected chi connectivity index (χ3v) is 7.08. The highest BCUT2D eigenvalue weighted by atomic mass is 14.0. The summed E-state index contributed by atoms with van der Waals surface area (Å²) in [6.45, 7) is 25.7. The first kappa shape index (κ1) is 30.9. The standard InChI is InChI=1S/4C9H12/c2*1-7-4-5-8(2)9(3)6-7;2*1-7-5-4-6-8(2)9(7)3/h4*4-6H,1-3H3. The normalized spacial score (nSPS) is 9.67. The fourth-order valence-electron chi connectivity index (χ4n) is 3.58. The molecule has 0 heteroatoms. The quantitative estimate of drug-likeness (QED) is 0.235. The lowest BCUT2D eigenvalue weighted by Crippen LogP contribution is -1.82. The fourth-order valence-corrected chi connectivity index (χ4v) is 3.58. The Kier molecular flexibility index (Phi) is 13.0. The van der Waals surface area contributed by atoms with Gasteiger partial charge in [-0.25, -0.2) is 0 Å². The lowest BCUT2D eigenvalue weighted by atomic mass is 10.1. The summed E-state index contributed by atoms with van der Waals surface area (Å²) in [6, 6.07) is 25.8. The third-order valence-electron chi connectivity index (χ3n) is 7.08. The summed E-state index contributed by atoms with van der Waals surface area (Å²) in [5.41, 5.74) is 16.6. The molecule has 0 radical (unpaired) electrons. The Morgan fingerprint density at radius 3 is 0.750 bits per heavy atom.